The highest BCUT2D eigenvalue weighted by Gasteiger charge is 2.34. The molecule has 6 nitrogen and oxygen atoms in total. The minimum atomic E-state index is -0.237. The third-order valence-electron chi connectivity index (χ3n) is 6.13. The van der Waals surface area contributed by atoms with E-state index in [0.717, 1.165) is 12.0 Å². The maximum absolute atomic E-state index is 13.6. The van der Waals surface area contributed by atoms with Gasteiger partial charge in [-0.15, -0.1) is 11.3 Å². The lowest BCUT2D eigenvalue weighted by molar-refractivity contribution is -0.136. The lowest BCUT2D eigenvalue weighted by Gasteiger charge is -2.37. The number of nitrogens with zero attached hydrogens (tertiary/aromatic N) is 2. The van der Waals surface area contributed by atoms with Crippen molar-refractivity contribution in [2.75, 3.05) is 26.8 Å². The first-order chi connectivity index (χ1) is 16.9. The fourth-order valence-electron chi connectivity index (χ4n) is 4.25. The molecular weight excluding hydrogens is 484 g/mol. The molecule has 0 saturated heterocycles. The Hall–Kier alpha value is -3.03. The van der Waals surface area contributed by atoms with E-state index in [9.17, 15) is 9.59 Å². The van der Waals surface area contributed by atoms with Crippen LogP contribution >= 0.6 is 22.9 Å². The molecule has 1 aliphatic heterocycles. The standard InChI is InChI=1S/C27H29ClN2O4S/c1-18(2)30(27(32)19-6-4-7-20(28)14-19)16-26(31)29-12-10-25-23(11-13-35-25)24(29)17-34-22-9-5-8-21(15-22)33-3/h4-9,11,13-15,18,24H,10,12,16-17H2,1-3H3/t24-/m0/s1. The van der Waals surface area contributed by atoms with Crippen LogP contribution in [0.25, 0.3) is 0 Å². The number of rotatable bonds is 8. The van der Waals surface area contributed by atoms with Crippen molar-refractivity contribution in [1.29, 1.82) is 0 Å². The summed E-state index contributed by atoms with van der Waals surface area (Å²) >= 11 is 7.80. The number of hydrogen-bond donors (Lipinski definition) is 0. The molecular formula is C27H29ClN2O4S. The van der Waals surface area contributed by atoms with Crippen LogP contribution in [0.15, 0.2) is 60.0 Å². The summed E-state index contributed by atoms with van der Waals surface area (Å²) < 4.78 is 11.4. The highest BCUT2D eigenvalue weighted by molar-refractivity contribution is 7.10. The largest absolute Gasteiger partial charge is 0.497 e. The molecule has 2 heterocycles. The van der Waals surface area contributed by atoms with Gasteiger partial charge < -0.3 is 19.3 Å². The Kier molecular flexibility index (Phi) is 7.98. The lowest BCUT2D eigenvalue weighted by atomic mass is 10.00. The summed E-state index contributed by atoms with van der Waals surface area (Å²) in [6.45, 7) is 4.69. The fourth-order valence-corrected chi connectivity index (χ4v) is 5.37. The van der Waals surface area contributed by atoms with Gasteiger partial charge in [0.1, 0.15) is 24.7 Å². The second-order valence-electron chi connectivity index (χ2n) is 8.68. The van der Waals surface area contributed by atoms with Crippen LogP contribution in [-0.2, 0) is 11.2 Å². The van der Waals surface area contributed by atoms with Gasteiger partial charge in [0.25, 0.3) is 5.91 Å². The van der Waals surface area contributed by atoms with Gasteiger partial charge in [0.2, 0.25) is 5.91 Å². The van der Waals surface area contributed by atoms with E-state index in [1.807, 2.05) is 43.0 Å². The van der Waals surface area contributed by atoms with Crippen LogP contribution in [0, 0.1) is 0 Å². The predicted molar refractivity (Wildman–Crippen MR) is 139 cm³/mol. The average molecular weight is 513 g/mol. The quantitative estimate of drug-likeness (QED) is 0.402. The number of thiophene rings is 1. The van der Waals surface area contributed by atoms with Crippen molar-refractivity contribution in [3.63, 3.8) is 0 Å². The van der Waals surface area contributed by atoms with Gasteiger partial charge in [-0.25, -0.2) is 0 Å². The van der Waals surface area contributed by atoms with Crippen LogP contribution in [0.1, 0.15) is 40.7 Å². The van der Waals surface area contributed by atoms with Gasteiger partial charge in [0.05, 0.1) is 13.2 Å². The van der Waals surface area contributed by atoms with E-state index in [4.69, 9.17) is 21.1 Å². The van der Waals surface area contributed by atoms with Crippen molar-refractivity contribution in [1.82, 2.24) is 9.80 Å². The molecule has 1 aromatic heterocycles. The van der Waals surface area contributed by atoms with Crippen molar-refractivity contribution in [3.05, 3.63) is 81.0 Å². The van der Waals surface area contributed by atoms with Gasteiger partial charge >= 0.3 is 0 Å². The Balaban J connectivity index is 1.53. The zero-order valence-electron chi connectivity index (χ0n) is 20.1. The van der Waals surface area contributed by atoms with Gasteiger partial charge in [-0.2, -0.15) is 0 Å². The normalized spacial score (nSPS) is 15.0. The van der Waals surface area contributed by atoms with E-state index in [0.29, 0.717) is 35.2 Å². The van der Waals surface area contributed by atoms with E-state index < -0.39 is 0 Å². The second kappa shape index (κ2) is 11.1. The van der Waals surface area contributed by atoms with Gasteiger partial charge in [-0.1, -0.05) is 23.7 Å². The molecule has 8 heteroatoms. The van der Waals surface area contributed by atoms with E-state index in [2.05, 4.69) is 11.4 Å². The maximum atomic E-state index is 13.6. The number of methoxy groups -OCH3 is 1. The smallest absolute Gasteiger partial charge is 0.254 e. The molecule has 0 unspecified atom stereocenters. The van der Waals surface area contributed by atoms with Crippen molar-refractivity contribution >= 4 is 34.8 Å². The number of carbonyl (C=O) groups excluding carboxylic acids is 2. The topological polar surface area (TPSA) is 59.1 Å². The Morgan fingerprint density at radius 3 is 2.66 bits per heavy atom. The van der Waals surface area contributed by atoms with Crippen LogP contribution in [0.2, 0.25) is 5.02 Å². The summed E-state index contributed by atoms with van der Waals surface area (Å²) in [5.41, 5.74) is 1.57. The molecule has 4 rings (SSSR count). The summed E-state index contributed by atoms with van der Waals surface area (Å²) in [4.78, 5) is 31.5. The third kappa shape index (κ3) is 5.80. The number of hydrogen-bond acceptors (Lipinski definition) is 5. The molecule has 0 bridgehead atoms. The number of fused-ring (bicyclic) bond motifs is 1. The molecule has 184 valence electrons. The van der Waals surface area contributed by atoms with E-state index in [1.54, 1.807) is 47.6 Å². The van der Waals surface area contributed by atoms with Crippen LogP contribution < -0.4 is 9.47 Å². The van der Waals surface area contributed by atoms with Gasteiger partial charge in [0, 0.05) is 34.1 Å². The summed E-state index contributed by atoms with van der Waals surface area (Å²) in [7, 11) is 1.61. The zero-order chi connectivity index (χ0) is 24.9. The highest BCUT2D eigenvalue weighted by Crippen LogP contribution is 2.34. The van der Waals surface area contributed by atoms with Gasteiger partial charge in [-0.05, 0) is 67.6 Å². The molecule has 3 aromatic rings. The molecule has 0 spiro atoms. The van der Waals surface area contributed by atoms with E-state index in [-0.39, 0.29) is 30.4 Å². The first kappa shape index (κ1) is 25.1. The van der Waals surface area contributed by atoms with E-state index >= 15 is 0 Å². The van der Waals surface area contributed by atoms with Gasteiger partial charge in [-0.3, -0.25) is 9.59 Å². The molecule has 1 aliphatic rings. The number of benzene rings is 2. The van der Waals surface area contributed by atoms with Crippen LogP contribution in [0.3, 0.4) is 0 Å². The van der Waals surface area contributed by atoms with Gasteiger partial charge in [0.15, 0.2) is 0 Å². The highest BCUT2D eigenvalue weighted by atomic mass is 35.5. The first-order valence-corrected chi connectivity index (χ1v) is 12.8. The maximum Gasteiger partial charge on any atom is 0.254 e. The molecule has 35 heavy (non-hydrogen) atoms. The number of ether oxygens (including phenoxy) is 2. The summed E-state index contributed by atoms with van der Waals surface area (Å²) in [6.07, 6.45) is 0.790. The van der Waals surface area contributed by atoms with Crippen molar-refractivity contribution in [2.24, 2.45) is 0 Å². The van der Waals surface area contributed by atoms with Crippen molar-refractivity contribution in [2.45, 2.75) is 32.4 Å². The Labute approximate surface area is 215 Å². The van der Waals surface area contributed by atoms with Crippen LogP contribution in [0.4, 0.5) is 0 Å². The van der Waals surface area contributed by atoms with Crippen LogP contribution in [0.5, 0.6) is 11.5 Å². The minimum Gasteiger partial charge on any atom is -0.497 e. The lowest BCUT2D eigenvalue weighted by Crippen LogP contribution is -2.49. The summed E-state index contributed by atoms with van der Waals surface area (Å²) in [5.74, 6) is 1.07. The minimum absolute atomic E-state index is 0.0157. The summed E-state index contributed by atoms with van der Waals surface area (Å²) in [6, 6.07) is 15.9. The zero-order valence-corrected chi connectivity index (χ0v) is 21.6. The van der Waals surface area contributed by atoms with E-state index in [1.165, 1.54) is 4.88 Å². The average Bonchev–Trinajstić information content (AvgIpc) is 3.34. The third-order valence-corrected chi connectivity index (χ3v) is 7.36. The molecule has 0 N–H and O–H groups in total. The molecule has 2 amide bonds. The molecule has 0 saturated carbocycles. The first-order valence-electron chi connectivity index (χ1n) is 11.6. The Morgan fingerprint density at radius 2 is 1.91 bits per heavy atom. The number of carbonyl (C=O) groups is 2. The van der Waals surface area contributed by atoms with Crippen molar-refractivity contribution in [3.8, 4) is 11.5 Å². The number of amides is 2. The molecule has 2 aromatic carbocycles. The fraction of sp³-hybridized carbons (Fsp3) is 0.333. The molecule has 0 fully saturated rings. The second-order valence-corrected chi connectivity index (χ2v) is 10.1. The predicted octanol–water partition coefficient (Wildman–Crippen LogP) is 5.47. The summed E-state index contributed by atoms with van der Waals surface area (Å²) in [5, 5.41) is 2.54. The molecule has 0 radical (unpaired) electrons. The molecule has 1 atom stereocenters. The Bertz CT molecular complexity index is 1200. The number of halogens is 1. The SMILES string of the molecule is COc1cccc(OC[C@H]2c3ccsc3CCN2C(=O)CN(C(=O)c2cccc(Cl)c2)C(C)C)c1. The van der Waals surface area contributed by atoms with Crippen LogP contribution in [-0.4, -0.2) is 54.5 Å². The van der Waals surface area contributed by atoms with Crippen molar-refractivity contribution < 1.29 is 19.1 Å². The molecule has 0 aliphatic carbocycles. The Morgan fingerprint density at radius 1 is 1.14 bits per heavy atom. The monoisotopic (exact) mass is 512 g/mol.